The molecule has 0 atom stereocenters. The van der Waals surface area contributed by atoms with Crippen molar-refractivity contribution in [3.05, 3.63) is 46.6 Å². The zero-order valence-electron chi connectivity index (χ0n) is 10.5. The maximum Gasteiger partial charge on any atom is 0.172 e. The second-order valence-corrected chi connectivity index (χ2v) is 5.04. The molecule has 0 saturated carbocycles. The molecule has 0 amide bonds. The molecule has 1 aromatic carbocycles. The third-order valence-electron chi connectivity index (χ3n) is 2.94. The van der Waals surface area contributed by atoms with Gasteiger partial charge in [0.1, 0.15) is 5.75 Å². The first kappa shape index (κ1) is 12.6. The molecule has 5 nitrogen and oxygen atoms in total. The van der Waals surface area contributed by atoms with Crippen LogP contribution < -0.4 is 4.74 Å². The minimum absolute atomic E-state index is 0.555. The van der Waals surface area contributed by atoms with E-state index in [1.165, 1.54) is 0 Å². The van der Waals surface area contributed by atoms with E-state index in [4.69, 9.17) is 10.00 Å². The number of fused-ring (bicyclic) bond motifs is 1. The van der Waals surface area contributed by atoms with Crippen LogP contribution in [0.1, 0.15) is 5.56 Å². The van der Waals surface area contributed by atoms with Gasteiger partial charge in [0, 0.05) is 16.7 Å². The van der Waals surface area contributed by atoms with Crippen LogP contribution in [0.5, 0.6) is 5.75 Å². The molecular weight excluding hydrogens is 320 g/mol. The molecule has 2 aromatic heterocycles. The van der Waals surface area contributed by atoms with Gasteiger partial charge in [-0.05, 0) is 24.3 Å². The lowest BCUT2D eigenvalue weighted by Crippen LogP contribution is -1.93. The van der Waals surface area contributed by atoms with Crippen LogP contribution in [0.3, 0.4) is 0 Å². The van der Waals surface area contributed by atoms with Crippen molar-refractivity contribution in [1.29, 1.82) is 5.26 Å². The highest BCUT2D eigenvalue weighted by Crippen LogP contribution is 2.31. The lowest BCUT2D eigenvalue weighted by atomic mass is 10.2. The summed E-state index contributed by atoms with van der Waals surface area (Å²) in [5, 5.41) is 17.2. The predicted octanol–water partition coefficient (Wildman–Crippen LogP) is 3.04. The smallest absolute Gasteiger partial charge is 0.172 e. The number of rotatable bonds is 2. The Kier molecular flexibility index (Phi) is 3.12. The standard InChI is InChI=1S/C14H9BrN4O/c1-20-12-7-10(15)2-3-11(12)14-18-17-13-6-9(8-16)4-5-19(13)14/h2-7H,1H3. The number of aromatic nitrogens is 3. The molecule has 3 rings (SSSR count). The summed E-state index contributed by atoms with van der Waals surface area (Å²) in [7, 11) is 1.61. The molecule has 0 aliphatic heterocycles. The number of halogens is 1. The molecule has 0 spiro atoms. The van der Waals surface area contributed by atoms with E-state index in [0.717, 1.165) is 10.0 Å². The van der Waals surface area contributed by atoms with Gasteiger partial charge >= 0.3 is 0 Å². The molecule has 20 heavy (non-hydrogen) atoms. The van der Waals surface area contributed by atoms with Crippen LogP contribution >= 0.6 is 15.9 Å². The van der Waals surface area contributed by atoms with Crippen molar-refractivity contribution in [2.45, 2.75) is 0 Å². The number of methoxy groups -OCH3 is 1. The molecule has 0 unspecified atom stereocenters. The summed E-state index contributed by atoms with van der Waals surface area (Å²) in [5.41, 5.74) is 2.02. The van der Waals surface area contributed by atoms with Gasteiger partial charge < -0.3 is 4.74 Å². The number of benzene rings is 1. The van der Waals surface area contributed by atoms with Gasteiger partial charge in [0.25, 0.3) is 0 Å². The Bertz CT molecular complexity index is 835. The topological polar surface area (TPSA) is 63.2 Å². The fourth-order valence-corrected chi connectivity index (χ4v) is 2.33. The van der Waals surface area contributed by atoms with Crippen LogP contribution in [0.4, 0.5) is 0 Å². The van der Waals surface area contributed by atoms with Gasteiger partial charge in [-0.3, -0.25) is 4.40 Å². The summed E-state index contributed by atoms with van der Waals surface area (Å²) in [4.78, 5) is 0. The summed E-state index contributed by atoms with van der Waals surface area (Å²) < 4.78 is 8.14. The highest BCUT2D eigenvalue weighted by molar-refractivity contribution is 9.10. The van der Waals surface area contributed by atoms with Gasteiger partial charge in [-0.1, -0.05) is 15.9 Å². The van der Waals surface area contributed by atoms with Crippen LogP contribution in [-0.2, 0) is 0 Å². The molecule has 0 saturated heterocycles. The van der Waals surface area contributed by atoms with E-state index in [-0.39, 0.29) is 0 Å². The number of nitrogens with zero attached hydrogens (tertiary/aromatic N) is 4. The molecule has 3 aromatic rings. The average Bonchev–Trinajstić information content (AvgIpc) is 2.89. The van der Waals surface area contributed by atoms with Gasteiger partial charge in [-0.2, -0.15) is 5.26 Å². The zero-order valence-corrected chi connectivity index (χ0v) is 12.1. The van der Waals surface area contributed by atoms with Gasteiger partial charge in [0.2, 0.25) is 0 Å². The lowest BCUT2D eigenvalue weighted by Gasteiger charge is -2.07. The summed E-state index contributed by atoms with van der Waals surface area (Å²) in [6, 6.07) is 11.2. The summed E-state index contributed by atoms with van der Waals surface area (Å²) in [6.45, 7) is 0. The van der Waals surface area contributed by atoms with Crippen molar-refractivity contribution >= 4 is 21.6 Å². The molecule has 2 heterocycles. The maximum absolute atomic E-state index is 8.90. The number of nitriles is 1. The highest BCUT2D eigenvalue weighted by atomic mass is 79.9. The summed E-state index contributed by atoms with van der Waals surface area (Å²) in [5.74, 6) is 1.38. The molecule has 0 fully saturated rings. The van der Waals surface area contributed by atoms with E-state index < -0.39 is 0 Å². The molecule has 0 N–H and O–H groups in total. The predicted molar refractivity (Wildman–Crippen MR) is 77.4 cm³/mol. The van der Waals surface area contributed by atoms with Crippen molar-refractivity contribution in [3.8, 4) is 23.2 Å². The van der Waals surface area contributed by atoms with Crippen molar-refractivity contribution in [2.75, 3.05) is 7.11 Å². The third kappa shape index (κ3) is 2.02. The number of hydrogen-bond acceptors (Lipinski definition) is 4. The van der Waals surface area contributed by atoms with Gasteiger partial charge in [0.05, 0.1) is 24.3 Å². The van der Waals surface area contributed by atoms with Crippen molar-refractivity contribution in [3.63, 3.8) is 0 Å². The molecule has 0 bridgehead atoms. The Labute approximate surface area is 123 Å². The summed E-state index contributed by atoms with van der Waals surface area (Å²) >= 11 is 3.41. The van der Waals surface area contributed by atoms with Crippen LogP contribution in [0.15, 0.2) is 41.0 Å². The molecular formula is C14H9BrN4O. The maximum atomic E-state index is 8.90. The lowest BCUT2D eigenvalue weighted by molar-refractivity contribution is 0.416. The zero-order chi connectivity index (χ0) is 14.1. The van der Waals surface area contributed by atoms with Crippen LogP contribution in [0.25, 0.3) is 17.0 Å². The fourth-order valence-electron chi connectivity index (χ4n) is 1.99. The quantitative estimate of drug-likeness (QED) is 0.725. The van der Waals surface area contributed by atoms with E-state index in [9.17, 15) is 0 Å². The molecule has 0 aliphatic carbocycles. The van der Waals surface area contributed by atoms with E-state index in [1.54, 1.807) is 25.4 Å². The van der Waals surface area contributed by atoms with E-state index >= 15 is 0 Å². The monoisotopic (exact) mass is 328 g/mol. The van der Waals surface area contributed by atoms with Crippen LogP contribution in [-0.4, -0.2) is 21.7 Å². The van der Waals surface area contributed by atoms with Crippen LogP contribution in [0.2, 0.25) is 0 Å². The molecule has 0 aliphatic rings. The van der Waals surface area contributed by atoms with Crippen molar-refractivity contribution in [1.82, 2.24) is 14.6 Å². The first-order valence-corrected chi connectivity index (χ1v) is 6.61. The average molecular weight is 329 g/mol. The normalized spacial score (nSPS) is 10.4. The Hall–Kier alpha value is -2.39. The van der Waals surface area contributed by atoms with E-state index in [2.05, 4.69) is 32.2 Å². The molecule has 98 valence electrons. The van der Waals surface area contributed by atoms with Gasteiger partial charge in [-0.25, -0.2) is 0 Å². The van der Waals surface area contributed by atoms with Crippen molar-refractivity contribution < 1.29 is 4.74 Å². The second kappa shape index (κ2) is 4.94. The van der Waals surface area contributed by atoms with Gasteiger partial charge in [-0.15, -0.1) is 10.2 Å². The number of hydrogen-bond donors (Lipinski definition) is 0. The number of ether oxygens (including phenoxy) is 1. The fraction of sp³-hybridized carbons (Fsp3) is 0.0714. The van der Waals surface area contributed by atoms with Gasteiger partial charge in [0.15, 0.2) is 11.5 Å². The second-order valence-electron chi connectivity index (χ2n) is 4.12. The first-order chi connectivity index (χ1) is 9.72. The molecule has 6 heteroatoms. The van der Waals surface area contributed by atoms with E-state index in [1.807, 2.05) is 22.6 Å². The third-order valence-corrected chi connectivity index (χ3v) is 3.44. The first-order valence-electron chi connectivity index (χ1n) is 5.81. The minimum Gasteiger partial charge on any atom is -0.496 e. The Morgan fingerprint density at radius 1 is 1.25 bits per heavy atom. The largest absolute Gasteiger partial charge is 0.496 e. The van der Waals surface area contributed by atoms with E-state index in [0.29, 0.717) is 22.8 Å². The van der Waals surface area contributed by atoms with Crippen molar-refractivity contribution in [2.24, 2.45) is 0 Å². The Morgan fingerprint density at radius 2 is 2.10 bits per heavy atom. The minimum atomic E-state index is 0.555. The Balaban J connectivity index is 2.23. The van der Waals surface area contributed by atoms with Crippen LogP contribution in [0, 0.1) is 11.3 Å². The number of pyridine rings is 1. The summed E-state index contributed by atoms with van der Waals surface area (Å²) in [6.07, 6.45) is 1.78. The highest BCUT2D eigenvalue weighted by Gasteiger charge is 2.13. The SMILES string of the molecule is COc1cc(Br)ccc1-c1nnc2cc(C#N)ccn12. The molecule has 0 radical (unpaired) electrons. The Morgan fingerprint density at radius 3 is 2.85 bits per heavy atom.